The molecule has 1 amide bonds. The number of amides is 1. The smallest absolute Gasteiger partial charge is 0.371 e. The van der Waals surface area contributed by atoms with Crippen molar-refractivity contribution in [3.63, 3.8) is 0 Å². The molecule has 1 N–H and O–H groups in total. The van der Waals surface area contributed by atoms with Crippen LogP contribution >= 0.6 is 0 Å². The van der Waals surface area contributed by atoms with E-state index in [1.807, 2.05) is 0 Å². The second kappa shape index (κ2) is 5.78. The summed E-state index contributed by atoms with van der Waals surface area (Å²) in [6, 6.07) is 8.14. The van der Waals surface area contributed by atoms with Gasteiger partial charge in [0.15, 0.2) is 5.76 Å². The number of furan rings is 1. The number of carbonyl (C=O) groups is 2. The molecule has 2 rings (SSSR count). The summed E-state index contributed by atoms with van der Waals surface area (Å²) in [4.78, 5) is 24.3. The van der Waals surface area contributed by atoms with E-state index in [1.54, 1.807) is 25.1 Å². The van der Waals surface area contributed by atoms with Crippen molar-refractivity contribution >= 4 is 11.9 Å². The van der Waals surface area contributed by atoms with Crippen LogP contribution in [0.4, 0.5) is 4.39 Å². The molecule has 0 saturated heterocycles. The van der Waals surface area contributed by atoms with E-state index in [9.17, 15) is 14.0 Å². The summed E-state index contributed by atoms with van der Waals surface area (Å²) in [6.45, 7) is 1.68. The number of aromatic carboxylic acids is 1. The van der Waals surface area contributed by atoms with Crippen LogP contribution in [0.3, 0.4) is 0 Å². The van der Waals surface area contributed by atoms with Gasteiger partial charge in [-0.3, -0.25) is 4.79 Å². The van der Waals surface area contributed by atoms with Gasteiger partial charge in [0.1, 0.15) is 5.82 Å². The van der Waals surface area contributed by atoms with E-state index in [0.29, 0.717) is 5.56 Å². The van der Waals surface area contributed by atoms with E-state index < -0.39 is 23.7 Å². The van der Waals surface area contributed by atoms with Gasteiger partial charge < -0.3 is 14.4 Å². The third kappa shape index (κ3) is 2.94. The first-order valence-corrected chi connectivity index (χ1v) is 6.26. The fourth-order valence-electron chi connectivity index (χ4n) is 1.94. The molecule has 0 bridgehead atoms. The third-order valence-corrected chi connectivity index (χ3v) is 3.28. The highest BCUT2D eigenvalue weighted by molar-refractivity contribution is 5.93. The Morgan fingerprint density at radius 2 is 1.81 bits per heavy atom. The molecule has 1 aromatic heterocycles. The average molecular weight is 291 g/mol. The van der Waals surface area contributed by atoms with Crippen molar-refractivity contribution in [3.05, 3.63) is 59.3 Å². The lowest BCUT2D eigenvalue weighted by Gasteiger charge is -2.24. The van der Waals surface area contributed by atoms with Crippen LogP contribution in [0.1, 0.15) is 39.6 Å². The van der Waals surface area contributed by atoms with Gasteiger partial charge in [-0.15, -0.1) is 0 Å². The summed E-state index contributed by atoms with van der Waals surface area (Å²) in [5.41, 5.74) is 0.373. The topological polar surface area (TPSA) is 70.8 Å². The maximum atomic E-state index is 13.7. The minimum atomic E-state index is -1.25. The number of rotatable bonds is 4. The average Bonchev–Trinajstić information content (AvgIpc) is 2.95. The number of carboxylic acids is 1. The molecule has 21 heavy (non-hydrogen) atoms. The molecule has 1 heterocycles. The van der Waals surface area contributed by atoms with Crippen LogP contribution in [-0.2, 0) is 0 Å². The van der Waals surface area contributed by atoms with Gasteiger partial charge in [0.2, 0.25) is 5.76 Å². The summed E-state index contributed by atoms with van der Waals surface area (Å²) in [5.74, 6) is -2.59. The Kier molecular flexibility index (Phi) is 4.07. The van der Waals surface area contributed by atoms with E-state index >= 15 is 0 Å². The Hall–Kier alpha value is -2.63. The summed E-state index contributed by atoms with van der Waals surface area (Å²) in [6.07, 6.45) is 0. The SMILES string of the molecule is CC(c1ccccc1F)N(C)C(=O)c1ccc(C(=O)O)o1. The van der Waals surface area contributed by atoms with Gasteiger partial charge in [0.25, 0.3) is 5.91 Å². The zero-order valence-electron chi connectivity index (χ0n) is 11.5. The first-order valence-electron chi connectivity index (χ1n) is 6.26. The van der Waals surface area contributed by atoms with Crippen LogP contribution in [0.25, 0.3) is 0 Å². The molecule has 0 radical (unpaired) electrons. The van der Waals surface area contributed by atoms with Crippen molar-refractivity contribution in [2.45, 2.75) is 13.0 Å². The number of halogens is 1. The molecule has 0 aliphatic heterocycles. The Bertz CT molecular complexity index is 680. The van der Waals surface area contributed by atoms with Gasteiger partial charge in [-0.25, -0.2) is 9.18 Å². The molecule has 0 aliphatic carbocycles. The molecular formula is C15H14FNO4. The minimum absolute atomic E-state index is 0.0990. The van der Waals surface area contributed by atoms with Crippen LogP contribution in [0.5, 0.6) is 0 Å². The fourth-order valence-corrected chi connectivity index (χ4v) is 1.94. The van der Waals surface area contributed by atoms with Crippen LogP contribution in [-0.4, -0.2) is 28.9 Å². The van der Waals surface area contributed by atoms with Crippen molar-refractivity contribution in [1.82, 2.24) is 4.90 Å². The van der Waals surface area contributed by atoms with Gasteiger partial charge in [-0.1, -0.05) is 18.2 Å². The quantitative estimate of drug-likeness (QED) is 0.940. The molecule has 6 heteroatoms. The fraction of sp³-hybridized carbons (Fsp3) is 0.200. The van der Waals surface area contributed by atoms with E-state index in [2.05, 4.69) is 0 Å². The van der Waals surface area contributed by atoms with Crippen LogP contribution in [0.2, 0.25) is 0 Å². The molecule has 1 unspecified atom stereocenters. The van der Waals surface area contributed by atoms with Gasteiger partial charge in [0, 0.05) is 12.6 Å². The molecular weight excluding hydrogens is 277 g/mol. The van der Waals surface area contributed by atoms with E-state index in [4.69, 9.17) is 9.52 Å². The lowest BCUT2D eigenvalue weighted by molar-refractivity contribution is 0.0647. The van der Waals surface area contributed by atoms with E-state index in [0.717, 1.165) is 0 Å². The number of carboxylic acid groups (broad SMARTS) is 1. The maximum absolute atomic E-state index is 13.7. The lowest BCUT2D eigenvalue weighted by Crippen LogP contribution is -2.29. The molecule has 0 spiro atoms. The normalized spacial score (nSPS) is 12.0. The largest absolute Gasteiger partial charge is 0.475 e. The highest BCUT2D eigenvalue weighted by atomic mass is 19.1. The first-order chi connectivity index (χ1) is 9.91. The predicted octanol–water partition coefficient (Wildman–Crippen LogP) is 2.95. The highest BCUT2D eigenvalue weighted by Crippen LogP contribution is 2.23. The molecule has 1 atom stereocenters. The molecule has 2 aromatic rings. The van der Waals surface area contributed by atoms with Gasteiger partial charge >= 0.3 is 5.97 Å². The van der Waals surface area contributed by atoms with Crippen LogP contribution < -0.4 is 0 Å². The monoisotopic (exact) mass is 291 g/mol. The number of hydrogen-bond acceptors (Lipinski definition) is 3. The Morgan fingerprint density at radius 1 is 1.19 bits per heavy atom. The second-order valence-corrected chi connectivity index (χ2v) is 4.58. The van der Waals surface area contributed by atoms with Crippen molar-refractivity contribution in [1.29, 1.82) is 0 Å². The van der Waals surface area contributed by atoms with E-state index in [1.165, 1.54) is 30.1 Å². The molecule has 0 fully saturated rings. The third-order valence-electron chi connectivity index (χ3n) is 3.28. The summed E-state index contributed by atoms with van der Waals surface area (Å²) >= 11 is 0. The van der Waals surface area contributed by atoms with E-state index in [-0.39, 0.29) is 11.5 Å². The Balaban J connectivity index is 2.22. The number of carbonyl (C=O) groups excluding carboxylic acids is 1. The van der Waals surface area contributed by atoms with Crippen LogP contribution in [0, 0.1) is 5.82 Å². The van der Waals surface area contributed by atoms with Crippen molar-refractivity contribution in [2.24, 2.45) is 0 Å². The van der Waals surface area contributed by atoms with Crippen molar-refractivity contribution in [3.8, 4) is 0 Å². The van der Waals surface area contributed by atoms with Crippen LogP contribution in [0.15, 0.2) is 40.8 Å². The standard InChI is InChI=1S/C15H14FNO4/c1-9(10-5-3-4-6-11(10)16)17(2)14(18)12-7-8-13(21-12)15(19)20/h3-9H,1-2H3,(H,19,20). The second-order valence-electron chi connectivity index (χ2n) is 4.58. The molecule has 1 aromatic carbocycles. The molecule has 0 saturated carbocycles. The Morgan fingerprint density at radius 3 is 2.38 bits per heavy atom. The minimum Gasteiger partial charge on any atom is -0.475 e. The van der Waals surface area contributed by atoms with Gasteiger partial charge in [-0.2, -0.15) is 0 Å². The molecule has 5 nitrogen and oxygen atoms in total. The van der Waals surface area contributed by atoms with Crippen molar-refractivity contribution < 1.29 is 23.5 Å². The van der Waals surface area contributed by atoms with Gasteiger partial charge in [0.05, 0.1) is 6.04 Å². The zero-order chi connectivity index (χ0) is 15.6. The molecule has 110 valence electrons. The predicted molar refractivity (Wildman–Crippen MR) is 72.6 cm³/mol. The number of nitrogens with zero attached hydrogens (tertiary/aromatic N) is 1. The summed E-state index contributed by atoms with van der Waals surface area (Å²) < 4.78 is 18.7. The zero-order valence-corrected chi connectivity index (χ0v) is 11.5. The van der Waals surface area contributed by atoms with Gasteiger partial charge in [-0.05, 0) is 25.1 Å². The number of hydrogen-bond donors (Lipinski definition) is 1. The summed E-state index contributed by atoms with van der Waals surface area (Å²) in [5, 5.41) is 8.77. The number of benzene rings is 1. The maximum Gasteiger partial charge on any atom is 0.371 e. The lowest BCUT2D eigenvalue weighted by atomic mass is 10.1. The van der Waals surface area contributed by atoms with Crippen molar-refractivity contribution in [2.75, 3.05) is 7.05 Å². The first kappa shape index (κ1) is 14.8. The summed E-state index contributed by atoms with van der Waals surface area (Å²) in [7, 11) is 1.50. The molecule has 0 aliphatic rings. The highest BCUT2D eigenvalue weighted by Gasteiger charge is 2.24. The Labute approximate surface area is 120 Å².